The van der Waals surface area contributed by atoms with Crippen molar-refractivity contribution in [3.05, 3.63) is 28.2 Å². The molecule has 0 aromatic heterocycles. The third-order valence-electron chi connectivity index (χ3n) is 3.36. The van der Waals surface area contributed by atoms with E-state index in [-0.39, 0.29) is 6.10 Å². The van der Waals surface area contributed by atoms with Crippen LogP contribution >= 0.6 is 15.9 Å². The van der Waals surface area contributed by atoms with Gasteiger partial charge in [0, 0.05) is 17.1 Å². The molecule has 0 amide bonds. The normalized spacial score (nSPS) is 24.3. The van der Waals surface area contributed by atoms with Gasteiger partial charge in [-0.15, -0.1) is 0 Å². The average Bonchev–Trinajstić information content (AvgIpc) is 2.33. The van der Waals surface area contributed by atoms with Gasteiger partial charge in [-0.2, -0.15) is 0 Å². The zero-order valence-electron chi connectivity index (χ0n) is 11.0. The number of nitrogens with two attached hydrogens (primary N) is 1. The van der Waals surface area contributed by atoms with E-state index in [4.69, 9.17) is 10.5 Å². The number of hydrogen-bond acceptors (Lipinski definition) is 3. The summed E-state index contributed by atoms with van der Waals surface area (Å²) >= 11 is 3.68. The van der Waals surface area contributed by atoms with Crippen molar-refractivity contribution in [1.82, 2.24) is 0 Å². The van der Waals surface area contributed by atoms with E-state index in [1.54, 1.807) is 0 Å². The Kier molecular flexibility index (Phi) is 4.65. The molecule has 100 valence electrons. The van der Waals surface area contributed by atoms with Gasteiger partial charge < -0.3 is 15.4 Å². The summed E-state index contributed by atoms with van der Waals surface area (Å²) in [5, 5.41) is 0. The highest BCUT2D eigenvalue weighted by Gasteiger charge is 2.24. The molecule has 0 spiro atoms. The van der Waals surface area contributed by atoms with Crippen molar-refractivity contribution >= 4 is 21.6 Å². The first-order chi connectivity index (χ1) is 8.61. The van der Waals surface area contributed by atoms with Crippen LogP contribution in [0.3, 0.4) is 0 Å². The smallest absolute Gasteiger partial charge is 0.0723 e. The average molecular weight is 313 g/mol. The molecule has 1 fully saturated rings. The molecule has 1 aliphatic rings. The zero-order chi connectivity index (χ0) is 13.1. The number of benzene rings is 1. The minimum absolute atomic E-state index is 0.289. The van der Waals surface area contributed by atoms with Crippen molar-refractivity contribution in [2.45, 2.75) is 32.4 Å². The Morgan fingerprint density at radius 2 is 2.22 bits per heavy atom. The molecule has 1 aliphatic heterocycles. The van der Waals surface area contributed by atoms with Crippen molar-refractivity contribution in [2.75, 3.05) is 24.6 Å². The van der Waals surface area contributed by atoms with E-state index in [2.05, 4.69) is 52.9 Å². The molecule has 0 bridgehead atoms. The topological polar surface area (TPSA) is 38.5 Å². The molecule has 3 nitrogen and oxygen atoms in total. The van der Waals surface area contributed by atoms with Crippen LogP contribution in [0, 0.1) is 0 Å². The van der Waals surface area contributed by atoms with E-state index in [0.717, 1.165) is 24.0 Å². The molecule has 1 aromatic carbocycles. The van der Waals surface area contributed by atoms with E-state index >= 15 is 0 Å². The highest BCUT2D eigenvalue weighted by Crippen LogP contribution is 2.30. The molecule has 0 aliphatic carbocycles. The van der Waals surface area contributed by atoms with Crippen LogP contribution in [0.5, 0.6) is 0 Å². The Balaban J connectivity index is 2.21. The second kappa shape index (κ2) is 6.04. The maximum absolute atomic E-state index is 5.67. The Bertz CT molecular complexity index is 411. The van der Waals surface area contributed by atoms with E-state index in [1.165, 1.54) is 11.3 Å². The van der Waals surface area contributed by atoms with Crippen LogP contribution in [-0.4, -0.2) is 31.8 Å². The summed E-state index contributed by atoms with van der Waals surface area (Å²) in [6, 6.07) is 6.94. The lowest BCUT2D eigenvalue weighted by Crippen LogP contribution is -2.47. The number of halogens is 1. The van der Waals surface area contributed by atoms with Crippen LogP contribution in [0.1, 0.15) is 19.4 Å². The molecule has 18 heavy (non-hydrogen) atoms. The number of nitrogens with zero attached hydrogens (tertiary/aromatic N) is 1. The Labute approximate surface area is 117 Å². The lowest BCUT2D eigenvalue weighted by Gasteiger charge is -2.39. The largest absolute Gasteiger partial charge is 0.375 e. The predicted octanol–water partition coefficient (Wildman–Crippen LogP) is 2.56. The quantitative estimate of drug-likeness (QED) is 0.932. The van der Waals surface area contributed by atoms with Crippen LogP contribution in [0.25, 0.3) is 0 Å². The first-order valence-electron chi connectivity index (χ1n) is 6.48. The summed E-state index contributed by atoms with van der Waals surface area (Å²) in [5.74, 6) is 0. The van der Waals surface area contributed by atoms with Crippen LogP contribution in [0.4, 0.5) is 5.69 Å². The van der Waals surface area contributed by atoms with Gasteiger partial charge in [0.2, 0.25) is 0 Å². The van der Waals surface area contributed by atoms with E-state index in [0.29, 0.717) is 12.6 Å². The minimum atomic E-state index is 0.289. The van der Waals surface area contributed by atoms with Crippen LogP contribution < -0.4 is 10.6 Å². The van der Waals surface area contributed by atoms with Crippen molar-refractivity contribution in [3.8, 4) is 0 Å². The van der Waals surface area contributed by atoms with Gasteiger partial charge in [-0.25, -0.2) is 0 Å². The summed E-state index contributed by atoms with van der Waals surface area (Å²) in [6.07, 6.45) is 1.21. The second-order valence-electron chi connectivity index (χ2n) is 4.97. The molecular weight excluding hydrogens is 292 g/mol. The van der Waals surface area contributed by atoms with Gasteiger partial charge >= 0.3 is 0 Å². The lowest BCUT2D eigenvalue weighted by molar-refractivity contribution is 0.0343. The summed E-state index contributed by atoms with van der Waals surface area (Å²) in [6.45, 7) is 6.74. The van der Waals surface area contributed by atoms with Gasteiger partial charge in [0.25, 0.3) is 0 Å². The van der Waals surface area contributed by atoms with Crippen LogP contribution in [0.2, 0.25) is 0 Å². The van der Waals surface area contributed by atoms with Gasteiger partial charge in [-0.05, 0) is 60.4 Å². The van der Waals surface area contributed by atoms with Gasteiger partial charge in [0.05, 0.1) is 18.4 Å². The highest BCUT2D eigenvalue weighted by atomic mass is 79.9. The monoisotopic (exact) mass is 312 g/mol. The number of morpholine rings is 1. The van der Waals surface area contributed by atoms with Crippen LogP contribution in [-0.2, 0) is 11.2 Å². The summed E-state index contributed by atoms with van der Waals surface area (Å²) in [4.78, 5) is 2.41. The summed E-state index contributed by atoms with van der Waals surface area (Å²) < 4.78 is 6.82. The first-order valence-corrected chi connectivity index (χ1v) is 7.28. The number of ether oxygens (including phenoxy) is 1. The van der Waals surface area contributed by atoms with Crippen molar-refractivity contribution in [3.63, 3.8) is 0 Å². The van der Waals surface area contributed by atoms with Crippen molar-refractivity contribution in [1.29, 1.82) is 0 Å². The molecule has 4 heteroatoms. The molecule has 1 heterocycles. The third-order valence-corrected chi connectivity index (χ3v) is 4.00. The molecule has 2 atom stereocenters. The first kappa shape index (κ1) is 13.8. The summed E-state index contributed by atoms with van der Waals surface area (Å²) in [5.41, 5.74) is 8.12. The number of anilines is 1. The molecule has 2 unspecified atom stereocenters. The van der Waals surface area contributed by atoms with E-state index < -0.39 is 0 Å². The van der Waals surface area contributed by atoms with Crippen molar-refractivity contribution in [2.24, 2.45) is 5.73 Å². The second-order valence-corrected chi connectivity index (χ2v) is 5.82. The van der Waals surface area contributed by atoms with Crippen molar-refractivity contribution < 1.29 is 4.74 Å². The SMILES string of the molecule is CC1CN(c2ccc(CCN)cc2Br)C(C)CO1. The van der Waals surface area contributed by atoms with E-state index in [1.807, 2.05) is 0 Å². The Morgan fingerprint density at radius 3 is 2.89 bits per heavy atom. The fourth-order valence-electron chi connectivity index (χ4n) is 2.34. The molecular formula is C14H21BrN2O. The molecule has 1 saturated heterocycles. The number of hydrogen-bond donors (Lipinski definition) is 1. The van der Waals surface area contributed by atoms with E-state index in [9.17, 15) is 0 Å². The maximum atomic E-state index is 5.67. The molecule has 0 radical (unpaired) electrons. The predicted molar refractivity (Wildman–Crippen MR) is 79.1 cm³/mol. The lowest BCUT2D eigenvalue weighted by atomic mass is 10.1. The molecule has 1 aromatic rings. The standard InChI is InChI=1S/C14H21BrN2O/c1-10-9-18-11(2)8-17(10)14-4-3-12(5-6-16)7-13(14)15/h3-4,7,10-11H,5-6,8-9,16H2,1-2H3. The minimum Gasteiger partial charge on any atom is -0.375 e. The summed E-state index contributed by atoms with van der Waals surface area (Å²) in [7, 11) is 0. The molecule has 2 rings (SSSR count). The zero-order valence-corrected chi connectivity index (χ0v) is 12.6. The Morgan fingerprint density at radius 1 is 1.44 bits per heavy atom. The molecule has 0 saturated carbocycles. The third kappa shape index (κ3) is 3.05. The van der Waals surface area contributed by atoms with Gasteiger partial charge in [-0.1, -0.05) is 6.07 Å². The van der Waals surface area contributed by atoms with Gasteiger partial charge in [0.15, 0.2) is 0 Å². The van der Waals surface area contributed by atoms with Gasteiger partial charge in [-0.3, -0.25) is 0 Å². The number of rotatable bonds is 3. The Hall–Kier alpha value is -0.580. The molecule has 2 N–H and O–H groups in total. The maximum Gasteiger partial charge on any atom is 0.0723 e. The van der Waals surface area contributed by atoms with Gasteiger partial charge in [0.1, 0.15) is 0 Å². The highest BCUT2D eigenvalue weighted by molar-refractivity contribution is 9.10. The van der Waals surface area contributed by atoms with Crippen LogP contribution in [0.15, 0.2) is 22.7 Å². The fourth-order valence-corrected chi connectivity index (χ4v) is 3.00. The fraction of sp³-hybridized carbons (Fsp3) is 0.571.